The van der Waals surface area contributed by atoms with Gasteiger partial charge in [-0.15, -0.1) is 0 Å². The minimum Gasteiger partial charge on any atom is -0.397 e. The van der Waals surface area contributed by atoms with Gasteiger partial charge in [0, 0.05) is 16.3 Å². The summed E-state index contributed by atoms with van der Waals surface area (Å²) < 4.78 is 0. The number of carbonyl (C=O) groups excluding carboxylic acids is 1. The molecule has 0 aliphatic heterocycles. The SMILES string of the molecule is CC(C)c1ccc(-c2c(C#N)c(N)[nH+]c3sc(C(=O)Nc4ccc(Cl)cc4)c(N)c23)cc1. The maximum atomic E-state index is 13.0. The number of thiophene rings is 1. The number of anilines is 3. The van der Waals surface area contributed by atoms with Gasteiger partial charge in [-0.05, 0) is 41.3 Å². The van der Waals surface area contributed by atoms with E-state index in [1.165, 1.54) is 16.9 Å². The van der Waals surface area contributed by atoms with Crippen molar-refractivity contribution in [2.75, 3.05) is 16.8 Å². The highest BCUT2D eigenvalue weighted by Crippen LogP contribution is 2.41. The van der Waals surface area contributed by atoms with E-state index in [0.717, 1.165) is 5.56 Å². The van der Waals surface area contributed by atoms with E-state index < -0.39 is 0 Å². The Labute approximate surface area is 194 Å². The van der Waals surface area contributed by atoms with E-state index in [2.05, 4.69) is 30.2 Å². The molecule has 4 rings (SSSR count). The summed E-state index contributed by atoms with van der Waals surface area (Å²) in [5.74, 6) is 0.259. The van der Waals surface area contributed by atoms with Crippen molar-refractivity contribution in [3.63, 3.8) is 0 Å². The van der Waals surface area contributed by atoms with Crippen molar-refractivity contribution in [1.82, 2.24) is 0 Å². The molecule has 1 amide bonds. The molecule has 0 aliphatic carbocycles. The Kier molecular flexibility index (Phi) is 5.74. The zero-order valence-corrected chi connectivity index (χ0v) is 19.1. The smallest absolute Gasteiger partial charge is 0.290 e. The molecule has 6 N–H and O–H groups in total. The molecule has 0 saturated carbocycles. The van der Waals surface area contributed by atoms with Crippen molar-refractivity contribution >= 4 is 56.3 Å². The van der Waals surface area contributed by atoms with Gasteiger partial charge in [0.25, 0.3) is 11.7 Å². The van der Waals surface area contributed by atoms with Crippen molar-refractivity contribution in [1.29, 1.82) is 5.26 Å². The summed E-state index contributed by atoms with van der Waals surface area (Å²) in [7, 11) is 0. The van der Waals surface area contributed by atoms with Crippen LogP contribution in [0.5, 0.6) is 0 Å². The molecule has 32 heavy (non-hydrogen) atoms. The molecule has 2 aromatic heterocycles. The Balaban J connectivity index is 1.86. The second kappa shape index (κ2) is 8.50. The van der Waals surface area contributed by atoms with Gasteiger partial charge in [-0.2, -0.15) is 5.26 Å². The van der Waals surface area contributed by atoms with Crippen LogP contribution in [-0.2, 0) is 0 Å². The van der Waals surface area contributed by atoms with Gasteiger partial charge in [-0.3, -0.25) is 10.5 Å². The molecule has 0 atom stereocenters. The average molecular weight is 463 g/mol. The summed E-state index contributed by atoms with van der Waals surface area (Å²) >= 11 is 7.11. The van der Waals surface area contributed by atoms with Gasteiger partial charge in [0.05, 0.1) is 11.1 Å². The van der Waals surface area contributed by atoms with E-state index >= 15 is 0 Å². The van der Waals surface area contributed by atoms with Crippen LogP contribution >= 0.6 is 22.9 Å². The Morgan fingerprint density at radius 1 is 1.12 bits per heavy atom. The lowest BCUT2D eigenvalue weighted by Gasteiger charge is -2.10. The molecule has 0 bridgehead atoms. The summed E-state index contributed by atoms with van der Waals surface area (Å²) in [5, 5.41) is 13.8. The topological polar surface area (TPSA) is 119 Å². The fraction of sp³-hybridized carbons (Fsp3) is 0.125. The molecule has 0 fully saturated rings. The van der Waals surface area contributed by atoms with E-state index in [-0.39, 0.29) is 11.7 Å². The van der Waals surface area contributed by atoms with Crippen molar-refractivity contribution in [2.24, 2.45) is 0 Å². The molecule has 0 radical (unpaired) electrons. The van der Waals surface area contributed by atoms with E-state index in [1.54, 1.807) is 24.3 Å². The highest BCUT2D eigenvalue weighted by molar-refractivity contribution is 7.21. The molecule has 0 unspecified atom stereocenters. The first-order valence-corrected chi connectivity index (χ1v) is 11.1. The summed E-state index contributed by atoms with van der Waals surface area (Å²) in [6.45, 7) is 4.23. The number of rotatable bonds is 4. The molecule has 0 spiro atoms. The summed E-state index contributed by atoms with van der Waals surface area (Å²) in [5.41, 5.74) is 16.4. The normalized spacial score (nSPS) is 11.0. The summed E-state index contributed by atoms with van der Waals surface area (Å²) in [6, 6.07) is 16.9. The number of halogens is 1. The van der Waals surface area contributed by atoms with Crippen LogP contribution in [0.25, 0.3) is 21.3 Å². The van der Waals surface area contributed by atoms with Gasteiger partial charge in [0.15, 0.2) is 4.83 Å². The first kappa shape index (κ1) is 21.6. The number of benzene rings is 2. The number of amides is 1. The number of fused-ring (bicyclic) bond motifs is 1. The predicted octanol–water partition coefficient (Wildman–Crippen LogP) is 5.45. The van der Waals surface area contributed by atoms with E-state index in [4.69, 9.17) is 23.1 Å². The lowest BCUT2D eigenvalue weighted by atomic mass is 9.94. The molecule has 160 valence electrons. The lowest BCUT2D eigenvalue weighted by molar-refractivity contribution is -0.323. The van der Waals surface area contributed by atoms with Crippen LogP contribution in [0.15, 0.2) is 48.5 Å². The molecular weight excluding hydrogens is 442 g/mol. The number of aromatic nitrogens is 1. The molecule has 2 aromatic carbocycles. The molecule has 8 heteroatoms. The maximum absolute atomic E-state index is 13.0. The number of nitriles is 1. The van der Waals surface area contributed by atoms with E-state index in [1.807, 2.05) is 24.3 Å². The number of pyridine rings is 1. The predicted molar refractivity (Wildman–Crippen MR) is 131 cm³/mol. The minimum atomic E-state index is -0.349. The second-order valence-corrected chi connectivity index (χ2v) is 9.14. The number of nitrogens with one attached hydrogen (secondary N) is 2. The van der Waals surface area contributed by atoms with E-state index in [9.17, 15) is 10.1 Å². The van der Waals surface area contributed by atoms with Crippen LogP contribution in [0, 0.1) is 11.3 Å². The monoisotopic (exact) mass is 462 g/mol. The third-order valence-corrected chi connectivity index (χ3v) is 6.62. The molecule has 2 heterocycles. The molecule has 4 aromatic rings. The quantitative estimate of drug-likeness (QED) is 0.373. The van der Waals surface area contributed by atoms with Gasteiger partial charge < -0.3 is 11.1 Å². The van der Waals surface area contributed by atoms with Crippen molar-refractivity contribution in [3.8, 4) is 17.2 Å². The molecule has 6 nitrogen and oxygen atoms in total. The second-order valence-electron chi connectivity index (χ2n) is 7.69. The highest BCUT2D eigenvalue weighted by Gasteiger charge is 2.26. The van der Waals surface area contributed by atoms with Crippen LogP contribution in [0.1, 0.15) is 40.6 Å². The van der Waals surface area contributed by atoms with Crippen molar-refractivity contribution < 1.29 is 9.78 Å². The summed E-state index contributed by atoms with van der Waals surface area (Å²) in [6.07, 6.45) is 0. The standard InChI is InChI=1S/C24H20ClN5OS/c1-12(2)13-3-5-14(6-4-13)18-17(11-26)22(28)30-24-19(18)20(27)21(32-24)23(31)29-16-9-7-15(25)8-10-16/h3-10,12H,27H2,1-2H3,(H2,28,30)(H,29,31)/p+1. The summed E-state index contributed by atoms with van der Waals surface area (Å²) in [4.78, 5) is 17.0. The molecule has 0 saturated heterocycles. The fourth-order valence-corrected chi connectivity index (χ4v) is 4.71. The zero-order valence-electron chi connectivity index (χ0n) is 17.5. The van der Waals surface area contributed by atoms with Crippen LogP contribution in [0.2, 0.25) is 5.02 Å². The highest BCUT2D eigenvalue weighted by atomic mass is 35.5. The van der Waals surface area contributed by atoms with Gasteiger partial charge in [-0.1, -0.05) is 61.1 Å². The van der Waals surface area contributed by atoms with Crippen LogP contribution in [0.4, 0.5) is 17.2 Å². The number of nitrogens with zero attached hydrogens (tertiary/aromatic N) is 1. The Bertz CT molecular complexity index is 1370. The number of nitrogen functional groups attached to an aromatic ring is 2. The first-order valence-electron chi connectivity index (χ1n) is 9.94. The fourth-order valence-electron chi connectivity index (χ4n) is 3.55. The Morgan fingerprint density at radius 2 is 1.78 bits per heavy atom. The third-order valence-electron chi connectivity index (χ3n) is 5.25. The molecular formula is C24H21ClN5OS+. The minimum absolute atomic E-state index is 0.230. The maximum Gasteiger partial charge on any atom is 0.290 e. The third kappa shape index (κ3) is 3.86. The zero-order chi connectivity index (χ0) is 23.0. The number of hydrogen-bond donors (Lipinski definition) is 3. The molecule has 0 aliphatic rings. The average Bonchev–Trinajstić information content (AvgIpc) is 3.10. The number of hydrogen-bond acceptors (Lipinski definition) is 5. The van der Waals surface area contributed by atoms with Crippen molar-refractivity contribution in [2.45, 2.75) is 19.8 Å². The number of carbonyl (C=O) groups is 1. The number of aromatic amines is 1. The lowest BCUT2D eigenvalue weighted by Crippen LogP contribution is -2.13. The first-order chi connectivity index (χ1) is 15.3. The van der Waals surface area contributed by atoms with Crippen LogP contribution in [0.3, 0.4) is 0 Å². The van der Waals surface area contributed by atoms with E-state index in [0.29, 0.717) is 48.5 Å². The van der Waals surface area contributed by atoms with Gasteiger partial charge in [-0.25, -0.2) is 4.98 Å². The van der Waals surface area contributed by atoms with Gasteiger partial charge in [0.1, 0.15) is 16.5 Å². The van der Waals surface area contributed by atoms with Crippen LogP contribution < -0.4 is 21.8 Å². The largest absolute Gasteiger partial charge is 0.397 e. The van der Waals surface area contributed by atoms with Gasteiger partial charge >= 0.3 is 0 Å². The Morgan fingerprint density at radius 3 is 2.38 bits per heavy atom. The van der Waals surface area contributed by atoms with Crippen LogP contribution in [-0.4, -0.2) is 5.91 Å². The Hall–Kier alpha value is -3.60. The van der Waals surface area contributed by atoms with Crippen molar-refractivity contribution in [3.05, 3.63) is 69.6 Å². The van der Waals surface area contributed by atoms with Gasteiger partial charge in [0.2, 0.25) is 0 Å². The number of nitrogens with two attached hydrogens (primary N) is 2. The number of H-pyrrole nitrogens is 1.